The Balaban J connectivity index is 1.75. The van der Waals surface area contributed by atoms with Gasteiger partial charge in [0.25, 0.3) is 0 Å². The van der Waals surface area contributed by atoms with Crippen LogP contribution in [0.25, 0.3) is 11.0 Å². The van der Waals surface area contributed by atoms with Crippen molar-refractivity contribution in [2.24, 2.45) is 0 Å². The van der Waals surface area contributed by atoms with Gasteiger partial charge in [0.05, 0.1) is 17.0 Å². The zero-order valence-corrected chi connectivity index (χ0v) is 13.0. The Morgan fingerprint density at radius 3 is 2.78 bits per heavy atom. The number of rotatable bonds is 2. The van der Waals surface area contributed by atoms with Crippen LogP contribution in [0.3, 0.4) is 0 Å². The minimum Gasteiger partial charge on any atom is -0.383 e. The first-order valence-corrected chi connectivity index (χ1v) is 8.51. The summed E-state index contributed by atoms with van der Waals surface area (Å²) in [5.74, 6) is 0.813. The Hall–Kier alpha value is -1.95. The van der Waals surface area contributed by atoms with E-state index in [0.29, 0.717) is 11.6 Å². The van der Waals surface area contributed by atoms with E-state index >= 15 is 0 Å². The van der Waals surface area contributed by atoms with Crippen molar-refractivity contribution in [3.63, 3.8) is 0 Å². The second-order valence-corrected chi connectivity index (χ2v) is 7.10. The van der Waals surface area contributed by atoms with Gasteiger partial charge in [0, 0.05) is 18.2 Å². The second-order valence-electron chi connectivity index (χ2n) is 7.10. The fourth-order valence-electron chi connectivity index (χ4n) is 3.92. The van der Waals surface area contributed by atoms with E-state index in [1.165, 1.54) is 12.8 Å². The Bertz CT molecular complexity index is 852. The van der Waals surface area contributed by atoms with Crippen molar-refractivity contribution in [1.29, 1.82) is 0 Å². The summed E-state index contributed by atoms with van der Waals surface area (Å²) in [4.78, 5) is 21.5. The molecule has 0 aromatic carbocycles. The molecule has 1 atom stereocenters. The topological polar surface area (TPSA) is 83.0 Å². The van der Waals surface area contributed by atoms with Crippen molar-refractivity contribution < 1.29 is 4.74 Å². The van der Waals surface area contributed by atoms with Gasteiger partial charge < -0.3 is 10.5 Å². The Morgan fingerprint density at radius 1 is 1.22 bits per heavy atom. The molecule has 2 aromatic rings. The maximum absolute atomic E-state index is 12.6. The number of nitrogens with zero attached hydrogens (tertiary/aromatic N) is 3. The SMILES string of the molecule is Nc1nc(=O)n([C@@H]2CCCOC23CC3)c2nc(C3CC3)ccc12. The molecule has 3 fully saturated rings. The predicted octanol–water partition coefficient (Wildman–Crippen LogP) is 2.14. The molecule has 6 nitrogen and oxygen atoms in total. The van der Waals surface area contributed by atoms with Crippen molar-refractivity contribution in [3.05, 3.63) is 28.3 Å². The van der Waals surface area contributed by atoms with Crippen LogP contribution in [-0.4, -0.2) is 26.7 Å². The average Bonchev–Trinajstić information content (AvgIpc) is 3.44. The van der Waals surface area contributed by atoms with Crippen molar-refractivity contribution in [2.45, 2.75) is 56.1 Å². The molecule has 0 amide bonds. The minimum absolute atomic E-state index is 0.0290. The number of nitrogen functional groups attached to an aromatic ring is 1. The van der Waals surface area contributed by atoms with E-state index in [0.717, 1.165) is 43.4 Å². The van der Waals surface area contributed by atoms with E-state index in [9.17, 15) is 4.79 Å². The third-order valence-electron chi connectivity index (χ3n) is 5.49. The van der Waals surface area contributed by atoms with Gasteiger partial charge in [0.2, 0.25) is 0 Å². The lowest BCUT2D eigenvalue weighted by atomic mass is 10.00. The molecule has 2 saturated carbocycles. The lowest BCUT2D eigenvalue weighted by molar-refractivity contribution is -0.0415. The largest absolute Gasteiger partial charge is 0.383 e. The second kappa shape index (κ2) is 4.54. The molecule has 2 aliphatic carbocycles. The summed E-state index contributed by atoms with van der Waals surface area (Å²) >= 11 is 0. The van der Waals surface area contributed by atoms with Gasteiger partial charge in [-0.1, -0.05) is 0 Å². The molecule has 3 heterocycles. The normalized spacial score (nSPS) is 25.8. The molecule has 0 unspecified atom stereocenters. The van der Waals surface area contributed by atoms with Crippen LogP contribution in [0.15, 0.2) is 16.9 Å². The summed E-state index contributed by atoms with van der Waals surface area (Å²) in [6.45, 7) is 0.784. The highest BCUT2D eigenvalue weighted by Gasteiger charge is 2.53. The molecule has 5 rings (SSSR count). The van der Waals surface area contributed by atoms with Crippen LogP contribution >= 0.6 is 0 Å². The lowest BCUT2D eigenvalue weighted by Crippen LogP contribution is -2.40. The number of ether oxygens (including phenoxy) is 1. The van der Waals surface area contributed by atoms with Crippen molar-refractivity contribution in [2.75, 3.05) is 12.3 Å². The molecule has 1 saturated heterocycles. The Labute approximate surface area is 133 Å². The zero-order chi connectivity index (χ0) is 15.6. The first kappa shape index (κ1) is 13.5. The maximum Gasteiger partial charge on any atom is 0.351 e. The van der Waals surface area contributed by atoms with Gasteiger partial charge in [-0.25, -0.2) is 9.78 Å². The van der Waals surface area contributed by atoms with E-state index in [1.54, 1.807) is 4.57 Å². The molecular weight excluding hydrogens is 292 g/mol. The number of hydrogen-bond acceptors (Lipinski definition) is 5. The maximum atomic E-state index is 12.6. The van der Waals surface area contributed by atoms with Gasteiger partial charge in [0.1, 0.15) is 11.5 Å². The van der Waals surface area contributed by atoms with Gasteiger partial charge in [-0.05, 0) is 50.7 Å². The first-order valence-electron chi connectivity index (χ1n) is 8.51. The van der Waals surface area contributed by atoms with E-state index in [-0.39, 0.29) is 23.2 Å². The third-order valence-corrected chi connectivity index (χ3v) is 5.49. The standard InChI is InChI=1S/C17H20N4O2/c18-14-11-5-6-12(10-3-4-10)19-15(11)21(16(22)20-14)13-2-1-9-23-17(13)7-8-17/h5-6,10,13H,1-4,7-9H2,(H2,18,20,22)/t13-/m1/s1. The monoisotopic (exact) mass is 312 g/mol. The molecule has 1 aliphatic heterocycles. The summed E-state index contributed by atoms with van der Waals surface area (Å²) in [6.07, 6.45) is 6.29. The predicted molar refractivity (Wildman–Crippen MR) is 86.4 cm³/mol. The molecule has 1 spiro atoms. The average molecular weight is 312 g/mol. The molecule has 3 aliphatic rings. The van der Waals surface area contributed by atoms with Crippen LogP contribution in [0, 0.1) is 0 Å². The summed E-state index contributed by atoms with van der Waals surface area (Å²) in [7, 11) is 0. The van der Waals surface area contributed by atoms with Crippen LogP contribution < -0.4 is 11.4 Å². The number of aromatic nitrogens is 3. The Kier molecular flexibility index (Phi) is 2.66. The molecule has 0 radical (unpaired) electrons. The van der Waals surface area contributed by atoms with Gasteiger partial charge in [-0.15, -0.1) is 0 Å². The van der Waals surface area contributed by atoms with Crippen LogP contribution in [0.1, 0.15) is 56.2 Å². The smallest absolute Gasteiger partial charge is 0.351 e. The number of anilines is 1. The highest BCUT2D eigenvalue weighted by Crippen LogP contribution is 2.52. The van der Waals surface area contributed by atoms with Crippen LogP contribution in [0.4, 0.5) is 5.82 Å². The lowest BCUT2D eigenvalue weighted by Gasteiger charge is -2.33. The Morgan fingerprint density at radius 2 is 2.04 bits per heavy atom. The van der Waals surface area contributed by atoms with Crippen LogP contribution in [0.2, 0.25) is 0 Å². The van der Waals surface area contributed by atoms with Crippen LogP contribution in [0.5, 0.6) is 0 Å². The summed E-state index contributed by atoms with van der Waals surface area (Å²) in [6, 6.07) is 4.02. The first-order chi connectivity index (χ1) is 11.2. The molecule has 2 aromatic heterocycles. The number of pyridine rings is 1. The fraction of sp³-hybridized carbons (Fsp3) is 0.588. The molecule has 0 bridgehead atoms. The fourth-order valence-corrected chi connectivity index (χ4v) is 3.92. The van der Waals surface area contributed by atoms with E-state index < -0.39 is 0 Å². The summed E-state index contributed by atoms with van der Waals surface area (Å²) in [5, 5.41) is 0.773. The number of hydrogen-bond donors (Lipinski definition) is 1. The number of nitrogens with two attached hydrogens (primary N) is 1. The highest BCUT2D eigenvalue weighted by molar-refractivity contribution is 5.85. The van der Waals surface area contributed by atoms with E-state index in [1.807, 2.05) is 12.1 Å². The van der Waals surface area contributed by atoms with Crippen molar-refractivity contribution in [3.8, 4) is 0 Å². The van der Waals surface area contributed by atoms with Gasteiger partial charge in [-0.2, -0.15) is 4.98 Å². The van der Waals surface area contributed by atoms with Crippen LogP contribution in [-0.2, 0) is 4.74 Å². The van der Waals surface area contributed by atoms with Crippen molar-refractivity contribution in [1.82, 2.24) is 14.5 Å². The zero-order valence-electron chi connectivity index (χ0n) is 13.0. The van der Waals surface area contributed by atoms with Gasteiger partial charge in [0.15, 0.2) is 0 Å². The number of fused-ring (bicyclic) bond motifs is 1. The summed E-state index contributed by atoms with van der Waals surface area (Å²) in [5.41, 5.74) is 7.27. The van der Waals surface area contributed by atoms with E-state index in [4.69, 9.17) is 15.5 Å². The minimum atomic E-state index is -0.294. The van der Waals surface area contributed by atoms with Gasteiger partial charge >= 0.3 is 5.69 Å². The quantitative estimate of drug-likeness (QED) is 0.918. The highest BCUT2D eigenvalue weighted by atomic mass is 16.5. The van der Waals surface area contributed by atoms with Crippen molar-refractivity contribution >= 4 is 16.9 Å². The molecule has 2 N–H and O–H groups in total. The van der Waals surface area contributed by atoms with Gasteiger partial charge in [-0.3, -0.25) is 4.57 Å². The summed E-state index contributed by atoms with van der Waals surface area (Å²) < 4.78 is 7.79. The molecule has 120 valence electrons. The van der Waals surface area contributed by atoms with E-state index in [2.05, 4.69) is 4.98 Å². The molecular formula is C17H20N4O2. The molecule has 6 heteroatoms. The third kappa shape index (κ3) is 2.01. The molecule has 23 heavy (non-hydrogen) atoms.